The van der Waals surface area contributed by atoms with Crippen molar-refractivity contribution >= 4 is 11.3 Å². The number of hydrogen-bond donors (Lipinski definition) is 1. The SMILES string of the molecule is CCC1(O)CN(c2nccn3nc(C(C)C)cc23)C1. The van der Waals surface area contributed by atoms with Crippen LogP contribution < -0.4 is 4.90 Å². The molecule has 1 aliphatic heterocycles. The lowest BCUT2D eigenvalue weighted by molar-refractivity contribution is 0.00820. The summed E-state index contributed by atoms with van der Waals surface area (Å²) in [5.74, 6) is 1.32. The average Bonchev–Trinajstić information content (AvgIpc) is 2.79. The standard InChI is InChI=1S/C14H20N4O/c1-4-14(19)8-17(9-14)13-12-7-11(10(2)3)16-18(12)6-5-15-13/h5-7,10,19H,4,8-9H2,1-3H3. The highest BCUT2D eigenvalue weighted by molar-refractivity contribution is 5.70. The third-order valence-electron chi connectivity index (χ3n) is 3.91. The van der Waals surface area contributed by atoms with Crippen molar-refractivity contribution in [2.24, 2.45) is 0 Å². The summed E-state index contributed by atoms with van der Waals surface area (Å²) in [7, 11) is 0. The summed E-state index contributed by atoms with van der Waals surface area (Å²) in [5.41, 5.74) is 1.54. The van der Waals surface area contributed by atoms with Crippen LogP contribution in [0.2, 0.25) is 0 Å². The van der Waals surface area contributed by atoms with Crippen molar-refractivity contribution in [1.82, 2.24) is 14.6 Å². The van der Waals surface area contributed by atoms with E-state index in [9.17, 15) is 5.11 Å². The van der Waals surface area contributed by atoms with E-state index < -0.39 is 5.60 Å². The van der Waals surface area contributed by atoms with Gasteiger partial charge in [-0.3, -0.25) is 0 Å². The van der Waals surface area contributed by atoms with Crippen molar-refractivity contribution in [2.75, 3.05) is 18.0 Å². The smallest absolute Gasteiger partial charge is 0.154 e. The van der Waals surface area contributed by atoms with Crippen molar-refractivity contribution in [3.05, 3.63) is 24.2 Å². The van der Waals surface area contributed by atoms with Crippen LogP contribution in [0, 0.1) is 0 Å². The molecule has 0 spiro atoms. The molecule has 1 saturated heterocycles. The van der Waals surface area contributed by atoms with Crippen LogP contribution >= 0.6 is 0 Å². The van der Waals surface area contributed by atoms with Gasteiger partial charge < -0.3 is 10.0 Å². The topological polar surface area (TPSA) is 53.7 Å². The van der Waals surface area contributed by atoms with E-state index in [1.807, 2.05) is 17.6 Å². The van der Waals surface area contributed by atoms with Crippen LogP contribution in [0.15, 0.2) is 18.5 Å². The van der Waals surface area contributed by atoms with Gasteiger partial charge in [0, 0.05) is 12.4 Å². The first-order chi connectivity index (χ1) is 9.02. The monoisotopic (exact) mass is 260 g/mol. The van der Waals surface area contributed by atoms with Gasteiger partial charge in [0.25, 0.3) is 0 Å². The van der Waals surface area contributed by atoms with E-state index in [0.29, 0.717) is 19.0 Å². The second kappa shape index (κ2) is 4.20. The summed E-state index contributed by atoms with van der Waals surface area (Å²) in [6.45, 7) is 7.58. The maximum Gasteiger partial charge on any atom is 0.154 e. The van der Waals surface area contributed by atoms with Crippen molar-refractivity contribution in [3.63, 3.8) is 0 Å². The molecule has 0 bridgehead atoms. The molecule has 0 radical (unpaired) electrons. The van der Waals surface area contributed by atoms with Gasteiger partial charge in [0.15, 0.2) is 5.82 Å². The summed E-state index contributed by atoms with van der Waals surface area (Å²) in [6, 6.07) is 2.09. The number of anilines is 1. The predicted octanol–water partition coefficient (Wildman–Crippen LogP) is 1.81. The Labute approximate surface area is 112 Å². The number of β-amino-alcohol motifs (C(OH)–C–C–N with tert-alkyl or cyclic N) is 1. The Kier molecular flexibility index (Phi) is 2.74. The van der Waals surface area contributed by atoms with Gasteiger partial charge in [-0.1, -0.05) is 20.8 Å². The molecule has 19 heavy (non-hydrogen) atoms. The van der Waals surface area contributed by atoms with Gasteiger partial charge in [-0.15, -0.1) is 0 Å². The molecule has 0 saturated carbocycles. The Morgan fingerprint density at radius 1 is 1.42 bits per heavy atom. The van der Waals surface area contributed by atoms with E-state index in [2.05, 4.69) is 34.9 Å². The summed E-state index contributed by atoms with van der Waals surface area (Å²) in [5, 5.41) is 14.7. The Hall–Kier alpha value is -1.62. The molecule has 0 aliphatic carbocycles. The van der Waals surface area contributed by atoms with Crippen molar-refractivity contribution in [1.29, 1.82) is 0 Å². The molecule has 5 nitrogen and oxygen atoms in total. The largest absolute Gasteiger partial charge is 0.386 e. The summed E-state index contributed by atoms with van der Waals surface area (Å²) >= 11 is 0. The minimum Gasteiger partial charge on any atom is -0.386 e. The summed E-state index contributed by atoms with van der Waals surface area (Å²) in [6.07, 6.45) is 4.42. The van der Waals surface area contributed by atoms with Gasteiger partial charge in [0.2, 0.25) is 0 Å². The van der Waals surface area contributed by atoms with Gasteiger partial charge in [-0.25, -0.2) is 9.50 Å². The molecule has 1 N–H and O–H groups in total. The fourth-order valence-electron chi connectivity index (χ4n) is 2.49. The molecule has 2 aromatic rings. The first-order valence-electron chi connectivity index (χ1n) is 6.84. The van der Waals surface area contributed by atoms with E-state index in [1.54, 1.807) is 6.20 Å². The van der Waals surface area contributed by atoms with Crippen LogP contribution in [-0.2, 0) is 0 Å². The van der Waals surface area contributed by atoms with Crippen LogP contribution in [0.25, 0.3) is 5.52 Å². The van der Waals surface area contributed by atoms with Crippen molar-refractivity contribution in [2.45, 2.75) is 38.7 Å². The first-order valence-corrected chi connectivity index (χ1v) is 6.84. The van der Waals surface area contributed by atoms with Crippen LogP contribution in [-0.4, -0.2) is 38.4 Å². The average molecular weight is 260 g/mol. The Balaban J connectivity index is 1.96. The van der Waals surface area contributed by atoms with Gasteiger partial charge in [-0.2, -0.15) is 5.10 Å². The minimum atomic E-state index is -0.546. The lowest BCUT2D eigenvalue weighted by atomic mass is 9.91. The zero-order valence-corrected chi connectivity index (χ0v) is 11.7. The van der Waals surface area contributed by atoms with Gasteiger partial charge in [0.05, 0.1) is 24.4 Å². The molecular weight excluding hydrogens is 240 g/mol. The van der Waals surface area contributed by atoms with Gasteiger partial charge in [-0.05, 0) is 18.4 Å². The van der Waals surface area contributed by atoms with E-state index in [-0.39, 0.29) is 0 Å². The van der Waals surface area contributed by atoms with Gasteiger partial charge >= 0.3 is 0 Å². The van der Waals surface area contributed by atoms with E-state index in [1.165, 1.54) is 0 Å². The second-order valence-corrected chi connectivity index (χ2v) is 5.74. The maximum atomic E-state index is 10.1. The summed E-state index contributed by atoms with van der Waals surface area (Å²) < 4.78 is 1.88. The number of fused-ring (bicyclic) bond motifs is 1. The molecule has 1 aliphatic rings. The number of aromatic nitrogens is 3. The molecule has 1 fully saturated rings. The zero-order chi connectivity index (χ0) is 13.6. The quantitative estimate of drug-likeness (QED) is 0.914. The second-order valence-electron chi connectivity index (χ2n) is 5.74. The molecule has 0 aromatic carbocycles. The van der Waals surface area contributed by atoms with Gasteiger partial charge in [0.1, 0.15) is 5.52 Å². The molecule has 3 heterocycles. The molecule has 5 heteroatoms. The first kappa shape index (κ1) is 12.4. The Morgan fingerprint density at radius 2 is 2.16 bits per heavy atom. The number of hydrogen-bond acceptors (Lipinski definition) is 4. The van der Waals surface area contributed by atoms with E-state index >= 15 is 0 Å². The third kappa shape index (κ3) is 1.98. The fourth-order valence-corrected chi connectivity index (χ4v) is 2.49. The molecule has 0 unspecified atom stereocenters. The van der Waals surface area contributed by atoms with E-state index in [4.69, 9.17) is 0 Å². The highest BCUT2D eigenvalue weighted by Gasteiger charge is 2.40. The van der Waals surface area contributed by atoms with Crippen LogP contribution in [0.5, 0.6) is 0 Å². The molecule has 0 amide bonds. The molecule has 2 aromatic heterocycles. The number of rotatable bonds is 3. The maximum absolute atomic E-state index is 10.1. The normalized spacial score (nSPS) is 18.1. The fraction of sp³-hybridized carbons (Fsp3) is 0.571. The van der Waals surface area contributed by atoms with Crippen LogP contribution in [0.4, 0.5) is 5.82 Å². The number of nitrogens with zero attached hydrogens (tertiary/aromatic N) is 4. The molecular formula is C14H20N4O. The molecule has 3 rings (SSSR count). The van der Waals surface area contributed by atoms with Crippen molar-refractivity contribution < 1.29 is 5.11 Å². The Morgan fingerprint density at radius 3 is 2.79 bits per heavy atom. The Bertz CT molecular complexity index is 599. The highest BCUT2D eigenvalue weighted by atomic mass is 16.3. The number of aliphatic hydroxyl groups is 1. The molecule has 102 valence electrons. The summed E-state index contributed by atoms with van der Waals surface area (Å²) in [4.78, 5) is 6.57. The van der Waals surface area contributed by atoms with Crippen molar-refractivity contribution in [3.8, 4) is 0 Å². The predicted molar refractivity (Wildman–Crippen MR) is 74.5 cm³/mol. The third-order valence-corrected chi connectivity index (χ3v) is 3.91. The van der Waals surface area contributed by atoms with Crippen LogP contribution in [0.3, 0.4) is 0 Å². The van der Waals surface area contributed by atoms with E-state index in [0.717, 1.165) is 23.4 Å². The lowest BCUT2D eigenvalue weighted by Gasteiger charge is -2.46. The zero-order valence-electron chi connectivity index (χ0n) is 11.7. The highest BCUT2D eigenvalue weighted by Crippen LogP contribution is 2.31. The lowest BCUT2D eigenvalue weighted by Crippen LogP contribution is -2.62. The minimum absolute atomic E-state index is 0.400. The van der Waals surface area contributed by atoms with Crippen LogP contribution in [0.1, 0.15) is 38.8 Å². The molecule has 0 atom stereocenters.